The predicted octanol–water partition coefficient (Wildman–Crippen LogP) is 0.538. The number of fused-ring (bicyclic) bond motifs is 1. The third-order valence-electron chi connectivity index (χ3n) is 3.84. The lowest BCUT2D eigenvalue weighted by Crippen LogP contribution is -2.30. The van der Waals surface area contributed by atoms with Crippen molar-refractivity contribution < 1.29 is 4.79 Å². The number of rotatable bonds is 3. The van der Waals surface area contributed by atoms with Crippen LogP contribution in [0.3, 0.4) is 0 Å². The minimum absolute atomic E-state index is 0.139. The van der Waals surface area contributed by atoms with Gasteiger partial charge < -0.3 is 20.2 Å². The van der Waals surface area contributed by atoms with Crippen molar-refractivity contribution >= 4 is 16.9 Å². The quantitative estimate of drug-likeness (QED) is 0.764. The molecule has 1 aliphatic heterocycles. The molecule has 2 aromatic rings. The topological polar surface area (TPSA) is 81.0 Å². The zero-order valence-corrected chi connectivity index (χ0v) is 11.4. The van der Waals surface area contributed by atoms with Crippen molar-refractivity contribution in [2.45, 2.75) is 6.42 Å². The van der Waals surface area contributed by atoms with E-state index in [1.807, 2.05) is 0 Å². The summed E-state index contributed by atoms with van der Waals surface area (Å²) in [4.78, 5) is 31.2. The molecule has 0 bridgehead atoms. The number of benzene rings is 1. The number of imidazole rings is 1. The van der Waals surface area contributed by atoms with Gasteiger partial charge in [-0.3, -0.25) is 4.79 Å². The fraction of sp³-hybridized carbons (Fsp3) is 0.429. The highest BCUT2D eigenvalue weighted by Gasteiger charge is 2.20. The van der Waals surface area contributed by atoms with Gasteiger partial charge in [0.05, 0.1) is 16.6 Å². The number of hydrogen-bond donors (Lipinski definition) is 3. The van der Waals surface area contributed by atoms with Crippen LogP contribution in [-0.4, -0.2) is 47.5 Å². The molecule has 1 amide bonds. The van der Waals surface area contributed by atoms with E-state index in [9.17, 15) is 9.59 Å². The normalized spacial score (nSPS) is 19.6. The molecule has 1 aromatic carbocycles. The van der Waals surface area contributed by atoms with Crippen LogP contribution in [0.2, 0.25) is 0 Å². The van der Waals surface area contributed by atoms with Crippen LogP contribution < -0.4 is 11.0 Å². The van der Waals surface area contributed by atoms with Gasteiger partial charge in [0.15, 0.2) is 0 Å². The molecule has 3 N–H and O–H groups in total. The first kappa shape index (κ1) is 12.9. The Kier molecular flexibility index (Phi) is 3.31. The van der Waals surface area contributed by atoms with Gasteiger partial charge >= 0.3 is 5.69 Å². The van der Waals surface area contributed by atoms with Gasteiger partial charge in [0, 0.05) is 13.1 Å². The molecule has 0 spiro atoms. The van der Waals surface area contributed by atoms with Gasteiger partial charge in [0.1, 0.15) is 0 Å². The lowest BCUT2D eigenvalue weighted by Gasteiger charge is -2.12. The van der Waals surface area contributed by atoms with E-state index in [1.54, 1.807) is 18.2 Å². The first-order chi connectivity index (χ1) is 9.63. The molecule has 0 radical (unpaired) electrons. The number of nitrogens with one attached hydrogen (secondary N) is 3. The van der Waals surface area contributed by atoms with Gasteiger partial charge in [0.25, 0.3) is 5.91 Å². The van der Waals surface area contributed by atoms with Crippen LogP contribution in [-0.2, 0) is 0 Å². The van der Waals surface area contributed by atoms with Crippen molar-refractivity contribution in [1.29, 1.82) is 0 Å². The van der Waals surface area contributed by atoms with Crippen LogP contribution >= 0.6 is 0 Å². The number of carbonyl (C=O) groups is 1. The maximum atomic E-state index is 12.2. The van der Waals surface area contributed by atoms with E-state index >= 15 is 0 Å². The molecular formula is C14H18N4O2. The van der Waals surface area contributed by atoms with Gasteiger partial charge in [-0.15, -0.1) is 0 Å². The highest BCUT2D eigenvalue weighted by molar-refractivity contribution is 6.04. The fourth-order valence-corrected chi connectivity index (χ4v) is 2.77. The Morgan fingerprint density at radius 3 is 3.05 bits per heavy atom. The van der Waals surface area contributed by atoms with Gasteiger partial charge in [0.2, 0.25) is 0 Å². The lowest BCUT2D eigenvalue weighted by atomic mass is 10.1. The summed E-state index contributed by atoms with van der Waals surface area (Å²) in [7, 11) is 2.09. The third-order valence-corrected chi connectivity index (χ3v) is 3.84. The molecule has 1 aliphatic rings. The molecule has 1 aromatic heterocycles. The fourth-order valence-electron chi connectivity index (χ4n) is 2.77. The number of likely N-dealkylation sites (tertiary alicyclic amines) is 1. The summed E-state index contributed by atoms with van der Waals surface area (Å²) in [5.41, 5.74) is 1.44. The monoisotopic (exact) mass is 274 g/mol. The summed E-state index contributed by atoms with van der Waals surface area (Å²) in [5, 5.41) is 2.96. The Morgan fingerprint density at radius 1 is 1.45 bits per heavy atom. The molecule has 1 atom stereocenters. The van der Waals surface area contributed by atoms with E-state index in [1.165, 1.54) is 0 Å². The minimum Gasteiger partial charge on any atom is -0.352 e. The Balaban J connectivity index is 1.74. The average Bonchev–Trinajstić information content (AvgIpc) is 3.00. The summed E-state index contributed by atoms with van der Waals surface area (Å²) in [5.74, 6) is 0.369. The smallest absolute Gasteiger partial charge is 0.323 e. The molecule has 3 rings (SSSR count). The van der Waals surface area contributed by atoms with E-state index in [-0.39, 0.29) is 11.6 Å². The summed E-state index contributed by atoms with van der Waals surface area (Å²) < 4.78 is 0. The van der Waals surface area contributed by atoms with Gasteiger partial charge in [-0.1, -0.05) is 6.07 Å². The number of aromatic amines is 2. The second-order valence-corrected chi connectivity index (χ2v) is 5.43. The molecular weight excluding hydrogens is 256 g/mol. The molecule has 20 heavy (non-hydrogen) atoms. The van der Waals surface area contributed by atoms with E-state index in [2.05, 4.69) is 27.2 Å². The molecule has 106 valence electrons. The summed E-state index contributed by atoms with van der Waals surface area (Å²) in [6, 6.07) is 5.27. The first-order valence-corrected chi connectivity index (χ1v) is 6.81. The van der Waals surface area contributed by atoms with Gasteiger partial charge in [-0.2, -0.15) is 0 Å². The first-order valence-electron chi connectivity index (χ1n) is 6.81. The Morgan fingerprint density at radius 2 is 2.30 bits per heavy atom. The molecule has 0 saturated carbocycles. The van der Waals surface area contributed by atoms with E-state index < -0.39 is 0 Å². The number of nitrogens with zero attached hydrogens (tertiary/aromatic N) is 1. The summed E-state index contributed by atoms with van der Waals surface area (Å²) >= 11 is 0. The van der Waals surface area contributed by atoms with Crippen LogP contribution in [0.5, 0.6) is 0 Å². The largest absolute Gasteiger partial charge is 0.352 e. The third kappa shape index (κ3) is 2.46. The highest BCUT2D eigenvalue weighted by atomic mass is 16.2. The lowest BCUT2D eigenvalue weighted by molar-refractivity contribution is 0.0949. The van der Waals surface area contributed by atoms with Crippen molar-refractivity contribution in [3.8, 4) is 0 Å². The predicted molar refractivity (Wildman–Crippen MR) is 76.9 cm³/mol. The maximum absolute atomic E-state index is 12.2. The average molecular weight is 274 g/mol. The molecule has 1 fully saturated rings. The zero-order chi connectivity index (χ0) is 14.1. The minimum atomic E-state index is -0.294. The Labute approximate surface area is 116 Å². The second-order valence-electron chi connectivity index (χ2n) is 5.43. The van der Waals surface area contributed by atoms with Crippen molar-refractivity contribution in [3.63, 3.8) is 0 Å². The molecule has 0 aliphatic carbocycles. The Bertz CT molecular complexity index is 688. The van der Waals surface area contributed by atoms with Crippen molar-refractivity contribution in [1.82, 2.24) is 20.2 Å². The van der Waals surface area contributed by atoms with Crippen molar-refractivity contribution in [3.05, 3.63) is 34.2 Å². The van der Waals surface area contributed by atoms with Crippen LogP contribution in [0.15, 0.2) is 23.0 Å². The SMILES string of the molecule is CN1CCC(CNC(=O)c2cccc3[nH]c(=O)[nH]c23)C1. The number of amides is 1. The van der Waals surface area contributed by atoms with E-state index in [0.29, 0.717) is 29.1 Å². The van der Waals surface area contributed by atoms with Crippen LogP contribution in [0.1, 0.15) is 16.8 Å². The molecule has 1 saturated heterocycles. The maximum Gasteiger partial charge on any atom is 0.323 e. The van der Waals surface area contributed by atoms with Crippen molar-refractivity contribution in [2.24, 2.45) is 5.92 Å². The number of H-pyrrole nitrogens is 2. The van der Waals surface area contributed by atoms with Crippen LogP contribution in [0.25, 0.3) is 11.0 Å². The zero-order valence-electron chi connectivity index (χ0n) is 11.4. The number of aromatic nitrogens is 2. The van der Waals surface area contributed by atoms with Crippen molar-refractivity contribution in [2.75, 3.05) is 26.7 Å². The summed E-state index contributed by atoms with van der Waals surface area (Å²) in [6.07, 6.45) is 1.11. The molecule has 2 heterocycles. The van der Waals surface area contributed by atoms with E-state index in [4.69, 9.17) is 0 Å². The molecule has 6 nitrogen and oxygen atoms in total. The number of carbonyl (C=O) groups excluding carboxylic acids is 1. The van der Waals surface area contributed by atoms with Crippen LogP contribution in [0, 0.1) is 5.92 Å². The summed E-state index contributed by atoms with van der Waals surface area (Å²) in [6.45, 7) is 2.78. The number of hydrogen-bond acceptors (Lipinski definition) is 3. The molecule has 1 unspecified atom stereocenters. The second kappa shape index (κ2) is 5.13. The Hall–Kier alpha value is -2.08. The highest BCUT2D eigenvalue weighted by Crippen LogP contribution is 2.15. The standard InChI is InChI=1S/C14H18N4O2/c1-18-6-5-9(8-18)7-15-13(19)10-3-2-4-11-12(10)17-14(20)16-11/h2-4,9H,5-8H2,1H3,(H,15,19)(H2,16,17,20). The van der Waals surface area contributed by atoms with Gasteiger partial charge in [-0.05, 0) is 38.1 Å². The molecule has 6 heteroatoms. The van der Waals surface area contributed by atoms with E-state index in [0.717, 1.165) is 19.5 Å². The van der Waals surface area contributed by atoms with Crippen LogP contribution in [0.4, 0.5) is 0 Å². The number of para-hydroxylation sites is 1. The van der Waals surface area contributed by atoms with Gasteiger partial charge in [-0.25, -0.2) is 4.79 Å².